The van der Waals surface area contributed by atoms with Gasteiger partial charge in [0.1, 0.15) is 5.75 Å². The van der Waals surface area contributed by atoms with Gasteiger partial charge in [-0.3, -0.25) is 0 Å². The van der Waals surface area contributed by atoms with Crippen molar-refractivity contribution in [2.45, 2.75) is 18.9 Å². The summed E-state index contributed by atoms with van der Waals surface area (Å²) in [6.45, 7) is 0. The van der Waals surface area contributed by atoms with Gasteiger partial charge in [0.2, 0.25) is 6.43 Å². The number of hydrogen-bond donors (Lipinski definition) is 2. The predicted octanol–water partition coefficient (Wildman–Crippen LogP) is 3.23. The molecular weight excluding hydrogens is 291 g/mol. The molecule has 0 aliphatic rings. The predicted molar refractivity (Wildman–Crippen MR) is 60.6 cm³/mol. The Kier molecular flexibility index (Phi) is 6.09. The Balaban J connectivity index is 0.00000196. The van der Waals surface area contributed by atoms with Crippen molar-refractivity contribution in [3.05, 3.63) is 28.2 Å². The fourth-order valence-electron chi connectivity index (χ4n) is 1.08. The summed E-state index contributed by atoms with van der Waals surface area (Å²) in [5, 5.41) is 9.17. The highest BCUT2D eigenvalue weighted by atomic mass is 79.9. The molecule has 6 heteroatoms. The molecule has 1 rings (SSSR count). The minimum Gasteiger partial charge on any atom is -0.507 e. The van der Waals surface area contributed by atoms with Crippen LogP contribution in [0.2, 0.25) is 0 Å². The number of nitrogens with two attached hydrogens (primary N) is 1. The van der Waals surface area contributed by atoms with Crippen molar-refractivity contribution in [2.24, 2.45) is 5.73 Å². The standard InChI is InChI=1S/C9H10BrF2NO.ClH/c10-6-3-5(1-2-8(6)14)7(13)4-9(11)12;/h1-3,7,9,14H,4,13H2;1H/t7-;/m0./s1. The van der Waals surface area contributed by atoms with Gasteiger partial charge in [-0.2, -0.15) is 0 Å². The topological polar surface area (TPSA) is 46.2 Å². The van der Waals surface area contributed by atoms with E-state index in [4.69, 9.17) is 5.73 Å². The van der Waals surface area contributed by atoms with E-state index in [1.54, 1.807) is 6.07 Å². The molecule has 1 aromatic carbocycles. The van der Waals surface area contributed by atoms with Crippen molar-refractivity contribution in [1.29, 1.82) is 0 Å². The van der Waals surface area contributed by atoms with Crippen molar-refractivity contribution >= 4 is 28.3 Å². The van der Waals surface area contributed by atoms with Gasteiger partial charge >= 0.3 is 0 Å². The molecule has 0 aromatic heterocycles. The summed E-state index contributed by atoms with van der Waals surface area (Å²) in [4.78, 5) is 0. The molecular formula is C9H11BrClF2NO. The first-order chi connectivity index (χ1) is 6.50. The van der Waals surface area contributed by atoms with Crippen LogP contribution in [0.1, 0.15) is 18.0 Å². The molecule has 0 saturated heterocycles. The van der Waals surface area contributed by atoms with Gasteiger partial charge in [-0.25, -0.2) is 8.78 Å². The van der Waals surface area contributed by atoms with Gasteiger partial charge in [-0.05, 0) is 33.6 Å². The summed E-state index contributed by atoms with van der Waals surface area (Å²) in [5.74, 6) is 0.0676. The summed E-state index contributed by atoms with van der Waals surface area (Å²) in [6, 6.07) is 3.80. The van der Waals surface area contributed by atoms with E-state index in [0.717, 1.165) is 0 Å². The van der Waals surface area contributed by atoms with E-state index in [2.05, 4.69) is 15.9 Å². The molecule has 0 fully saturated rings. The highest BCUT2D eigenvalue weighted by Gasteiger charge is 2.13. The molecule has 3 N–H and O–H groups in total. The van der Waals surface area contributed by atoms with Crippen LogP contribution in [0.25, 0.3) is 0 Å². The molecule has 1 aromatic rings. The van der Waals surface area contributed by atoms with E-state index in [-0.39, 0.29) is 24.6 Å². The lowest BCUT2D eigenvalue weighted by atomic mass is 10.1. The van der Waals surface area contributed by atoms with E-state index in [0.29, 0.717) is 10.0 Å². The number of phenolic OH excluding ortho intramolecular Hbond substituents is 1. The van der Waals surface area contributed by atoms with Gasteiger partial charge in [0.25, 0.3) is 0 Å². The molecule has 2 nitrogen and oxygen atoms in total. The number of rotatable bonds is 3. The summed E-state index contributed by atoms with van der Waals surface area (Å²) in [6.07, 6.45) is -2.80. The lowest BCUT2D eigenvalue weighted by Gasteiger charge is -2.11. The Morgan fingerprint density at radius 3 is 2.47 bits per heavy atom. The SMILES string of the molecule is Cl.N[C@@H](CC(F)F)c1ccc(O)c(Br)c1. The number of phenols is 1. The average Bonchev–Trinajstić information content (AvgIpc) is 2.08. The Hall–Kier alpha value is -0.390. The molecule has 0 amide bonds. The van der Waals surface area contributed by atoms with Crippen LogP contribution in [0.15, 0.2) is 22.7 Å². The zero-order valence-electron chi connectivity index (χ0n) is 7.66. The Morgan fingerprint density at radius 2 is 2.00 bits per heavy atom. The van der Waals surface area contributed by atoms with Gasteiger partial charge < -0.3 is 10.8 Å². The van der Waals surface area contributed by atoms with E-state index in [1.807, 2.05) is 0 Å². The number of aromatic hydroxyl groups is 1. The molecule has 0 saturated carbocycles. The number of halogens is 4. The average molecular weight is 303 g/mol. The van der Waals surface area contributed by atoms with Crippen LogP contribution in [0, 0.1) is 0 Å². The first kappa shape index (κ1) is 14.6. The summed E-state index contributed by atoms with van der Waals surface area (Å²) in [5.41, 5.74) is 6.11. The minimum absolute atomic E-state index is 0. The maximum atomic E-state index is 12.0. The number of hydrogen-bond acceptors (Lipinski definition) is 2. The molecule has 0 unspecified atom stereocenters. The lowest BCUT2D eigenvalue weighted by molar-refractivity contribution is 0.128. The highest BCUT2D eigenvalue weighted by Crippen LogP contribution is 2.28. The minimum atomic E-state index is -2.42. The maximum Gasteiger partial charge on any atom is 0.240 e. The van der Waals surface area contributed by atoms with E-state index < -0.39 is 12.5 Å². The van der Waals surface area contributed by atoms with Crippen molar-refractivity contribution < 1.29 is 13.9 Å². The van der Waals surface area contributed by atoms with Crippen molar-refractivity contribution in [2.75, 3.05) is 0 Å². The summed E-state index contributed by atoms with van der Waals surface area (Å²) >= 11 is 3.09. The third-order valence-electron chi connectivity index (χ3n) is 1.83. The molecule has 0 radical (unpaired) electrons. The quantitative estimate of drug-likeness (QED) is 0.900. The molecule has 0 aliphatic heterocycles. The molecule has 15 heavy (non-hydrogen) atoms. The molecule has 1 atom stereocenters. The van der Waals surface area contributed by atoms with Crippen LogP contribution in [0.5, 0.6) is 5.75 Å². The third-order valence-corrected chi connectivity index (χ3v) is 2.47. The smallest absolute Gasteiger partial charge is 0.240 e. The van der Waals surface area contributed by atoms with Gasteiger partial charge in [-0.1, -0.05) is 6.07 Å². The second-order valence-corrected chi connectivity index (χ2v) is 3.80. The monoisotopic (exact) mass is 301 g/mol. The van der Waals surface area contributed by atoms with Crippen molar-refractivity contribution in [1.82, 2.24) is 0 Å². The van der Waals surface area contributed by atoms with Crippen molar-refractivity contribution in [3.63, 3.8) is 0 Å². The maximum absolute atomic E-state index is 12.0. The molecule has 86 valence electrons. The molecule has 0 bridgehead atoms. The fourth-order valence-corrected chi connectivity index (χ4v) is 1.48. The Morgan fingerprint density at radius 1 is 1.40 bits per heavy atom. The van der Waals surface area contributed by atoms with Gasteiger partial charge in [0.15, 0.2) is 0 Å². The highest BCUT2D eigenvalue weighted by molar-refractivity contribution is 9.10. The van der Waals surface area contributed by atoms with E-state index in [1.165, 1.54) is 12.1 Å². The second kappa shape index (κ2) is 6.25. The largest absolute Gasteiger partial charge is 0.507 e. The lowest BCUT2D eigenvalue weighted by Crippen LogP contribution is -2.13. The third kappa shape index (κ3) is 4.32. The molecule has 0 spiro atoms. The Labute approximate surface area is 101 Å². The van der Waals surface area contributed by atoms with Crippen molar-refractivity contribution in [3.8, 4) is 5.75 Å². The first-order valence-corrected chi connectivity index (χ1v) is 4.82. The van der Waals surface area contributed by atoms with Crippen LogP contribution in [-0.4, -0.2) is 11.5 Å². The van der Waals surface area contributed by atoms with Crippen LogP contribution < -0.4 is 5.73 Å². The Bertz CT molecular complexity index is 325. The molecule has 0 heterocycles. The van der Waals surface area contributed by atoms with E-state index >= 15 is 0 Å². The second-order valence-electron chi connectivity index (χ2n) is 2.94. The van der Waals surface area contributed by atoms with Gasteiger partial charge in [0, 0.05) is 12.5 Å². The zero-order chi connectivity index (χ0) is 10.7. The van der Waals surface area contributed by atoms with Gasteiger partial charge in [-0.15, -0.1) is 12.4 Å². The summed E-state index contributed by atoms with van der Waals surface area (Å²) in [7, 11) is 0. The van der Waals surface area contributed by atoms with E-state index in [9.17, 15) is 13.9 Å². The fraction of sp³-hybridized carbons (Fsp3) is 0.333. The van der Waals surface area contributed by atoms with Crippen LogP contribution >= 0.6 is 28.3 Å². The first-order valence-electron chi connectivity index (χ1n) is 4.03. The zero-order valence-corrected chi connectivity index (χ0v) is 10.1. The normalized spacial score (nSPS) is 12.3. The molecule has 0 aliphatic carbocycles. The van der Waals surface area contributed by atoms with Crippen LogP contribution in [0.4, 0.5) is 8.78 Å². The number of benzene rings is 1. The van der Waals surface area contributed by atoms with Gasteiger partial charge in [0.05, 0.1) is 4.47 Å². The van der Waals surface area contributed by atoms with Crippen LogP contribution in [-0.2, 0) is 0 Å². The number of alkyl halides is 2. The summed E-state index contributed by atoms with van der Waals surface area (Å²) < 4.78 is 24.5. The van der Waals surface area contributed by atoms with Crippen LogP contribution in [0.3, 0.4) is 0 Å².